The van der Waals surface area contributed by atoms with E-state index in [1.54, 1.807) is 11.3 Å². The summed E-state index contributed by atoms with van der Waals surface area (Å²) in [6.45, 7) is 2.18. The Kier molecular flexibility index (Phi) is 2.31. The molecule has 1 unspecified atom stereocenters. The topological polar surface area (TPSA) is 29.9 Å². The quantitative estimate of drug-likeness (QED) is 0.838. The third-order valence-corrected chi connectivity index (χ3v) is 3.59. The fraction of sp³-hybridized carbons (Fsp3) is 0.364. The van der Waals surface area contributed by atoms with Crippen LogP contribution in [0.3, 0.4) is 0 Å². The highest BCUT2D eigenvalue weighted by Gasteiger charge is 2.18. The molecule has 0 aromatic carbocycles. The second kappa shape index (κ2) is 3.79. The number of rotatable bonds is 2. The van der Waals surface area contributed by atoms with Crippen LogP contribution in [0.15, 0.2) is 29.4 Å². The van der Waals surface area contributed by atoms with Crippen molar-refractivity contribution < 1.29 is 0 Å². The van der Waals surface area contributed by atoms with Crippen molar-refractivity contribution >= 4 is 11.3 Å². The molecular formula is C11H13N3S. The molecule has 0 saturated carbocycles. The van der Waals surface area contributed by atoms with Gasteiger partial charge in [0, 0.05) is 23.5 Å². The van der Waals surface area contributed by atoms with Gasteiger partial charge >= 0.3 is 0 Å². The second-order valence-electron chi connectivity index (χ2n) is 3.84. The molecule has 4 heteroatoms. The third kappa shape index (κ3) is 1.60. The smallest absolute Gasteiger partial charge is 0.0954 e. The molecule has 1 aliphatic heterocycles. The summed E-state index contributed by atoms with van der Waals surface area (Å²) < 4.78 is 2.29. The highest BCUT2D eigenvalue weighted by Crippen LogP contribution is 2.26. The summed E-state index contributed by atoms with van der Waals surface area (Å²) in [5.41, 5.74) is 2.52. The highest BCUT2D eigenvalue weighted by molar-refractivity contribution is 7.08. The summed E-state index contributed by atoms with van der Waals surface area (Å²) in [4.78, 5) is 4.26. The van der Waals surface area contributed by atoms with Gasteiger partial charge in [0.15, 0.2) is 0 Å². The fourth-order valence-corrected chi connectivity index (χ4v) is 2.76. The van der Waals surface area contributed by atoms with Crippen LogP contribution in [0.5, 0.6) is 0 Å². The van der Waals surface area contributed by atoms with E-state index >= 15 is 0 Å². The lowest BCUT2D eigenvalue weighted by molar-refractivity contribution is 0.551. The molecule has 0 amide bonds. The van der Waals surface area contributed by atoms with Gasteiger partial charge in [0.05, 0.1) is 18.2 Å². The SMILES string of the molecule is c1cc(-c2cncn2C2CCNC2)cs1. The molecule has 2 aromatic heterocycles. The summed E-state index contributed by atoms with van der Waals surface area (Å²) in [5, 5.41) is 7.67. The maximum Gasteiger partial charge on any atom is 0.0954 e. The number of hydrogen-bond donors (Lipinski definition) is 1. The highest BCUT2D eigenvalue weighted by atomic mass is 32.1. The van der Waals surface area contributed by atoms with Gasteiger partial charge in [-0.15, -0.1) is 0 Å². The zero-order chi connectivity index (χ0) is 10.1. The van der Waals surface area contributed by atoms with Crippen molar-refractivity contribution in [1.82, 2.24) is 14.9 Å². The van der Waals surface area contributed by atoms with E-state index in [2.05, 4.69) is 31.7 Å². The average Bonchev–Trinajstić information content (AvgIpc) is 3.01. The van der Waals surface area contributed by atoms with Crippen molar-refractivity contribution in [3.05, 3.63) is 29.4 Å². The summed E-state index contributed by atoms with van der Waals surface area (Å²) in [6, 6.07) is 2.72. The molecule has 1 atom stereocenters. The second-order valence-corrected chi connectivity index (χ2v) is 4.62. The molecule has 0 radical (unpaired) electrons. The fourth-order valence-electron chi connectivity index (χ4n) is 2.11. The van der Waals surface area contributed by atoms with Gasteiger partial charge in [0.1, 0.15) is 0 Å². The van der Waals surface area contributed by atoms with Crippen molar-refractivity contribution in [3.63, 3.8) is 0 Å². The summed E-state index contributed by atoms with van der Waals surface area (Å²) in [7, 11) is 0. The van der Waals surface area contributed by atoms with Crippen LogP contribution in [-0.4, -0.2) is 22.6 Å². The van der Waals surface area contributed by atoms with E-state index in [1.165, 1.54) is 17.7 Å². The first-order chi connectivity index (χ1) is 7.45. The molecule has 78 valence electrons. The van der Waals surface area contributed by atoms with Crippen molar-refractivity contribution in [2.24, 2.45) is 0 Å². The van der Waals surface area contributed by atoms with Gasteiger partial charge in [-0.3, -0.25) is 0 Å². The monoisotopic (exact) mass is 219 g/mol. The van der Waals surface area contributed by atoms with Crippen LogP contribution in [0.2, 0.25) is 0 Å². The van der Waals surface area contributed by atoms with E-state index < -0.39 is 0 Å². The van der Waals surface area contributed by atoms with E-state index in [0.717, 1.165) is 13.1 Å². The third-order valence-electron chi connectivity index (χ3n) is 2.91. The van der Waals surface area contributed by atoms with E-state index in [4.69, 9.17) is 0 Å². The van der Waals surface area contributed by atoms with Gasteiger partial charge < -0.3 is 9.88 Å². The van der Waals surface area contributed by atoms with E-state index in [0.29, 0.717) is 6.04 Å². The van der Waals surface area contributed by atoms with Crippen molar-refractivity contribution in [1.29, 1.82) is 0 Å². The molecule has 3 nitrogen and oxygen atoms in total. The van der Waals surface area contributed by atoms with Crippen molar-refractivity contribution in [2.45, 2.75) is 12.5 Å². The summed E-state index contributed by atoms with van der Waals surface area (Å²) in [6.07, 6.45) is 5.11. The number of hydrogen-bond acceptors (Lipinski definition) is 3. The standard InChI is InChI=1S/C11H13N3S/c1-3-12-5-10(1)14-8-13-6-11(14)9-2-4-15-7-9/h2,4,6-8,10,12H,1,3,5H2. The number of imidazole rings is 1. The lowest BCUT2D eigenvalue weighted by Crippen LogP contribution is -2.13. The Labute approximate surface area is 92.8 Å². The number of aromatic nitrogens is 2. The normalized spacial score (nSPS) is 20.9. The van der Waals surface area contributed by atoms with Crippen LogP contribution in [-0.2, 0) is 0 Å². The van der Waals surface area contributed by atoms with Gasteiger partial charge in [-0.25, -0.2) is 4.98 Å². The molecule has 0 bridgehead atoms. The van der Waals surface area contributed by atoms with E-state index in [-0.39, 0.29) is 0 Å². The van der Waals surface area contributed by atoms with Gasteiger partial charge in [-0.05, 0) is 24.4 Å². The molecule has 0 aliphatic carbocycles. The first-order valence-electron chi connectivity index (χ1n) is 5.20. The van der Waals surface area contributed by atoms with Crippen molar-refractivity contribution in [3.8, 4) is 11.3 Å². The zero-order valence-corrected chi connectivity index (χ0v) is 9.20. The Morgan fingerprint density at radius 1 is 1.53 bits per heavy atom. The molecule has 1 aliphatic rings. The van der Waals surface area contributed by atoms with E-state index in [9.17, 15) is 0 Å². The van der Waals surface area contributed by atoms with Crippen LogP contribution in [0.1, 0.15) is 12.5 Å². The van der Waals surface area contributed by atoms with E-state index in [1.807, 2.05) is 12.5 Å². The molecule has 1 N–H and O–H groups in total. The summed E-state index contributed by atoms with van der Waals surface area (Å²) >= 11 is 1.73. The Morgan fingerprint density at radius 2 is 2.53 bits per heavy atom. The van der Waals surface area contributed by atoms with Gasteiger partial charge in [-0.2, -0.15) is 11.3 Å². The minimum atomic E-state index is 0.572. The minimum Gasteiger partial charge on any atom is -0.326 e. The van der Waals surface area contributed by atoms with Crippen LogP contribution < -0.4 is 5.32 Å². The lowest BCUT2D eigenvalue weighted by Gasteiger charge is -2.13. The molecule has 2 aromatic rings. The van der Waals surface area contributed by atoms with Crippen LogP contribution in [0.25, 0.3) is 11.3 Å². The molecule has 1 saturated heterocycles. The molecule has 3 rings (SSSR count). The molecule has 0 spiro atoms. The largest absolute Gasteiger partial charge is 0.326 e. The first-order valence-corrected chi connectivity index (χ1v) is 6.14. The Bertz CT molecular complexity index is 426. The van der Waals surface area contributed by atoms with Crippen LogP contribution in [0.4, 0.5) is 0 Å². The maximum atomic E-state index is 4.26. The Morgan fingerprint density at radius 3 is 3.27 bits per heavy atom. The first kappa shape index (κ1) is 9.12. The molecular weight excluding hydrogens is 206 g/mol. The predicted molar refractivity (Wildman–Crippen MR) is 62.1 cm³/mol. The minimum absolute atomic E-state index is 0.572. The Hall–Kier alpha value is -1.13. The van der Waals surface area contributed by atoms with Crippen LogP contribution >= 0.6 is 11.3 Å². The maximum absolute atomic E-state index is 4.26. The molecule has 3 heterocycles. The number of thiophene rings is 1. The van der Waals surface area contributed by atoms with Gasteiger partial charge in [0.2, 0.25) is 0 Å². The molecule has 1 fully saturated rings. The predicted octanol–water partition coefficient (Wildman–Crippen LogP) is 2.15. The lowest BCUT2D eigenvalue weighted by atomic mass is 10.2. The molecule has 15 heavy (non-hydrogen) atoms. The van der Waals surface area contributed by atoms with Gasteiger partial charge in [-0.1, -0.05) is 0 Å². The number of nitrogens with one attached hydrogen (secondary N) is 1. The summed E-state index contributed by atoms with van der Waals surface area (Å²) in [5.74, 6) is 0. The average molecular weight is 219 g/mol. The number of nitrogens with zero attached hydrogens (tertiary/aromatic N) is 2. The van der Waals surface area contributed by atoms with Gasteiger partial charge in [0.25, 0.3) is 0 Å². The van der Waals surface area contributed by atoms with Crippen molar-refractivity contribution in [2.75, 3.05) is 13.1 Å². The zero-order valence-electron chi connectivity index (χ0n) is 8.39. The Balaban J connectivity index is 1.98. The van der Waals surface area contributed by atoms with Crippen LogP contribution in [0, 0.1) is 0 Å².